The first-order chi connectivity index (χ1) is 13.4. The molecule has 2 aromatic carbocycles. The van der Waals surface area contributed by atoms with Crippen molar-refractivity contribution in [1.82, 2.24) is 0 Å². The van der Waals surface area contributed by atoms with Gasteiger partial charge in [0.1, 0.15) is 0 Å². The number of alkyl halides is 2. The Morgan fingerprint density at radius 3 is 2.39 bits per heavy atom. The van der Waals surface area contributed by atoms with E-state index in [9.17, 15) is 18.4 Å². The highest BCUT2D eigenvalue weighted by Crippen LogP contribution is 2.30. The van der Waals surface area contributed by atoms with Gasteiger partial charge in [0.05, 0.1) is 12.7 Å². The maximum atomic E-state index is 12.6. The maximum absolute atomic E-state index is 12.6. The zero-order valence-electron chi connectivity index (χ0n) is 15.5. The van der Waals surface area contributed by atoms with Crippen molar-refractivity contribution in [2.75, 3.05) is 7.11 Å². The van der Waals surface area contributed by atoms with E-state index in [4.69, 9.17) is 9.47 Å². The molecule has 0 spiro atoms. The number of carbonyl (C=O) groups excluding carboxylic acids is 2. The van der Waals surface area contributed by atoms with E-state index in [2.05, 4.69) is 4.74 Å². The smallest absolute Gasteiger partial charge is 0.387 e. The fourth-order valence-electron chi connectivity index (χ4n) is 3.23. The number of ketones is 1. The molecule has 0 saturated heterocycles. The number of Topliss-reactive ketones (excluding diaryl/α,β-unsaturated/α-hetero) is 1. The minimum Gasteiger partial charge on any atom is -0.493 e. The second-order valence-electron chi connectivity index (χ2n) is 6.49. The summed E-state index contributed by atoms with van der Waals surface area (Å²) in [4.78, 5) is 25.0. The average molecular weight is 390 g/mol. The highest BCUT2D eigenvalue weighted by atomic mass is 19.3. The third kappa shape index (κ3) is 4.30. The van der Waals surface area contributed by atoms with Crippen LogP contribution < -0.4 is 9.47 Å². The van der Waals surface area contributed by atoms with E-state index in [1.807, 2.05) is 12.1 Å². The Bertz CT molecular complexity index is 894. The van der Waals surface area contributed by atoms with E-state index in [0.29, 0.717) is 5.56 Å². The second kappa shape index (κ2) is 8.37. The number of rotatable bonds is 7. The Morgan fingerprint density at radius 2 is 1.68 bits per heavy atom. The molecular formula is C21H20F2O5. The number of fused-ring (bicyclic) bond motifs is 1. The molecule has 0 N–H and O–H groups in total. The predicted octanol–water partition coefficient (Wildman–Crippen LogP) is 4.21. The van der Waals surface area contributed by atoms with Crippen LogP contribution >= 0.6 is 0 Å². The van der Waals surface area contributed by atoms with E-state index in [1.165, 1.54) is 37.8 Å². The number of ether oxygens (including phenoxy) is 3. The summed E-state index contributed by atoms with van der Waals surface area (Å²) in [5, 5.41) is 0. The van der Waals surface area contributed by atoms with Gasteiger partial charge < -0.3 is 14.2 Å². The van der Waals surface area contributed by atoms with Crippen molar-refractivity contribution in [3.05, 3.63) is 58.7 Å². The Labute approximate surface area is 161 Å². The lowest BCUT2D eigenvalue weighted by Crippen LogP contribution is -2.24. The number of esters is 1. The van der Waals surface area contributed by atoms with Crippen molar-refractivity contribution in [3.8, 4) is 11.5 Å². The Hall–Kier alpha value is -2.96. The highest BCUT2D eigenvalue weighted by Gasteiger charge is 2.23. The molecule has 0 heterocycles. The molecule has 0 bridgehead atoms. The first-order valence-corrected chi connectivity index (χ1v) is 8.89. The van der Waals surface area contributed by atoms with E-state index in [-0.39, 0.29) is 22.8 Å². The zero-order chi connectivity index (χ0) is 20.3. The summed E-state index contributed by atoms with van der Waals surface area (Å²) < 4.78 is 39.3. The minimum absolute atomic E-state index is 0.0349. The van der Waals surface area contributed by atoms with E-state index in [0.717, 1.165) is 24.8 Å². The van der Waals surface area contributed by atoms with Crippen LogP contribution in [0.25, 0.3) is 0 Å². The fraction of sp³-hybridized carbons (Fsp3) is 0.333. The topological polar surface area (TPSA) is 61.8 Å². The molecule has 1 atom stereocenters. The minimum atomic E-state index is -3.02. The summed E-state index contributed by atoms with van der Waals surface area (Å²) in [5.41, 5.74) is 2.97. The van der Waals surface area contributed by atoms with Crippen LogP contribution in [0.5, 0.6) is 11.5 Å². The van der Waals surface area contributed by atoms with Crippen LogP contribution in [0.15, 0.2) is 36.4 Å². The number of hydrogen-bond donors (Lipinski definition) is 0. The lowest BCUT2D eigenvalue weighted by molar-refractivity contribution is -0.0512. The average Bonchev–Trinajstić information content (AvgIpc) is 3.14. The number of aryl methyl sites for hydroxylation is 2. The first kappa shape index (κ1) is 19.8. The number of methoxy groups -OCH3 is 1. The molecule has 1 aliphatic rings. The van der Waals surface area contributed by atoms with Crippen LogP contribution in [0.2, 0.25) is 0 Å². The Morgan fingerprint density at radius 1 is 0.964 bits per heavy atom. The normalized spacial score (nSPS) is 13.8. The number of hydrogen-bond acceptors (Lipinski definition) is 5. The van der Waals surface area contributed by atoms with Gasteiger partial charge in [-0.15, -0.1) is 0 Å². The number of benzene rings is 2. The summed E-state index contributed by atoms with van der Waals surface area (Å²) in [6.45, 7) is -1.52. The molecule has 28 heavy (non-hydrogen) atoms. The number of halogens is 2. The Balaban J connectivity index is 1.70. The van der Waals surface area contributed by atoms with Gasteiger partial charge >= 0.3 is 12.6 Å². The van der Waals surface area contributed by atoms with Gasteiger partial charge in [0, 0.05) is 5.56 Å². The van der Waals surface area contributed by atoms with Crippen LogP contribution in [0, 0.1) is 0 Å². The molecule has 2 aromatic rings. The van der Waals surface area contributed by atoms with Crippen molar-refractivity contribution < 1.29 is 32.6 Å². The third-order valence-electron chi connectivity index (χ3n) is 4.65. The molecule has 5 nitrogen and oxygen atoms in total. The lowest BCUT2D eigenvalue weighted by atomic mass is 10.0. The van der Waals surface area contributed by atoms with E-state index >= 15 is 0 Å². The van der Waals surface area contributed by atoms with Crippen LogP contribution in [0.1, 0.15) is 45.2 Å². The van der Waals surface area contributed by atoms with Gasteiger partial charge in [0.25, 0.3) is 0 Å². The van der Waals surface area contributed by atoms with Gasteiger partial charge in [-0.1, -0.05) is 12.1 Å². The first-order valence-electron chi connectivity index (χ1n) is 8.89. The largest absolute Gasteiger partial charge is 0.493 e. The van der Waals surface area contributed by atoms with E-state index < -0.39 is 18.7 Å². The van der Waals surface area contributed by atoms with Gasteiger partial charge in [-0.3, -0.25) is 4.79 Å². The van der Waals surface area contributed by atoms with Crippen molar-refractivity contribution in [1.29, 1.82) is 0 Å². The molecule has 3 rings (SSSR count). The second-order valence-corrected chi connectivity index (χ2v) is 6.49. The molecular weight excluding hydrogens is 370 g/mol. The summed E-state index contributed by atoms with van der Waals surface area (Å²) in [7, 11) is 1.27. The molecule has 0 radical (unpaired) electrons. The SMILES string of the molecule is COc1cc(C(=O)O[C@H](C)C(=O)c2ccc3c(c2)CCC3)ccc1OC(F)F. The molecule has 0 saturated carbocycles. The lowest BCUT2D eigenvalue weighted by Gasteiger charge is -2.14. The molecule has 0 unspecified atom stereocenters. The van der Waals surface area contributed by atoms with Crippen molar-refractivity contribution in [2.45, 2.75) is 38.9 Å². The molecule has 0 amide bonds. The zero-order valence-corrected chi connectivity index (χ0v) is 15.5. The fourth-order valence-corrected chi connectivity index (χ4v) is 3.23. The maximum Gasteiger partial charge on any atom is 0.387 e. The monoisotopic (exact) mass is 390 g/mol. The number of carbonyl (C=O) groups is 2. The van der Waals surface area contributed by atoms with Gasteiger partial charge in [0.15, 0.2) is 17.6 Å². The predicted molar refractivity (Wildman–Crippen MR) is 97.3 cm³/mol. The molecule has 0 aliphatic heterocycles. The highest BCUT2D eigenvalue weighted by molar-refractivity contribution is 6.01. The molecule has 148 valence electrons. The van der Waals surface area contributed by atoms with Crippen LogP contribution in [-0.4, -0.2) is 31.6 Å². The Kier molecular flexibility index (Phi) is 5.92. The van der Waals surface area contributed by atoms with Crippen LogP contribution in [0.4, 0.5) is 8.78 Å². The summed E-state index contributed by atoms with van der Waals surface area (Å²) in [6, 6.07) is 9.23. The van der Waals surface area contributed by atoms with Gasteiger partial charge in [-0.05, 0) is 61.6 Å². The van der Waals surface area contributed by atoms with Crippen LogP contribution in [-0.2, 0) is 17.6 Å². The van der Waals surface area contributed by atoms with E-state index in [1.54, 1.807) is 6.07 Å². The molecule has 7 heteroatoms. The molecule has 0 aromatic heterocycles. The van der Waals surface area contributed by atoms with Gasteiger partial charge in [-0.25, -0.2) is 4.79 Å². The van der Waals surface area contributed by atoms with Crippen molar-refractivity contribution in [2.24, 2.45) is 0 Å². The standard InChI is InChI=1S/C21H20F2O5/c1-12(19(24)15-7-6-13-4-3-5-14(13)10-15)27-20(25)16-8-9-17(28-21(22)23)18(11-16)26-2/h6-12,21H,3-5H2,1-2H3/t12-/m1/s1. The van der Waals surface area contributed by atoms with Gasteiger partial charge in [0.2, 0.25) is 5.78 Å². The summed E-state index contributed by atoms with van der Waals surface area (Å²) >= 11 is 0. The quantitative estimate of drug-likeness (QED) is 0.523. The summed E-state index contributed by atoms with van der Waals surface area (Å²) in [6.07, 6.45) is 2.04. The van der Waals surface area contributed by atoms with Gasteiger partial charge in [-0.2, -0.15) is 8.78 Å². The molecule has 0 fully saturated rings. The molecule has 1 aliphatic carbocycles. The van der Waals surface area contributed by atoms with Crippen molar-refractivity contribution in [3.63, 3.8) is 0 Å². The third-order valence-corrected chi connectivity index (χ3v) is 4.65. The van der Waals surface area contributed by atoms with Crippen LogP contribution in [0.3, 0.4) is 0 Å². The summed E-state index contributed by atoms with van der Waals surface area (Å²) in [5.74, 6) is -1.29. The van der Waals surface area contributed by atoms with Crippen molar-refractivity contribution >= 4 is 11.8 Å².